The summed E-state index contributed by atoms with van der Waals surface area (Å²) in [6, 6.07) is 27.1. The van der Waals surface area contributed by atoms with Crippen LogP contribution >= 0.6 is 23.2 Å². The molecule has 0 atom stereocenters. The molecule has 37 heavy (non-hydrogen) atoms. The van der Waals surface area contributed by atoms with Crippen molar-refractivity contribution in [1.82, 2.24) is 10.2 Å². The lowest BCUT2D eigenvalue weighted by Crippen LogP contribution is -2.08. The van der Waals surface area contributed by atoms with E-state index in [9.17, 15) is 13.2 Å². The number of halogens is 5. The van der Waals surface area contributed by atoms with Gasteiger partial charge in [0.1, 0.15) is 5.52 Å². The molecule has 1 heterocycles. The molecule has 8 heteroatoms. The van der Waals surface area contributed by atoms with Gasteiger partial charge < -0.3 is 5.32 Å². The van der Waals surface area contributed by atoms with Crippen LogP contribution < -0.4 is 5.32 Å². The molecule has 0 unspecified atom stereocenters. The number of nitrogens with zero attached hydrogens (tertiary/aromatic N) is 2. The predicted octanol–water partition coefficient (Wildman–Crippen LogP) is 8.83. The first kappa shape index (κ1) is 25.1. The van der Waals surface area contributed by atoms with Crippen molar-refractivity contribution in [2.24, 2.45) is 0 Å². The molecule has 0 aliphatic rings. The van der Waals surface area contributed by atoms with Gasteiger partial charge in [0, 0.05) is 29.6 Å². The summed E-state index contributed by atoms with van der Waals surface area (Å²) in [6.45, 7) is 0.129. The summed E-state index contributed by atoms with van der Waals surface area (Å²) in [5.41, 5.74) is 4.50. The second-order valence-corrected chi connectivity index (χ2v) is 9.32. The Morgan fingerprint density at radius 3 is 2.32 bits per heavy atom. The number of hydrogen-bond donors (Lipinski definition) is 1. The molecule has 0 spiro atoms. The quantitative estimate of drug-likeness (QED) is 0.235. The summed E-state index contributed by atoms with van der Waals surface area (Å²) in [7, 11) is 0. The number of hydrogen-bond acceptors (Lipinski definition) is 3. The van der Waals surface area contributed by atoms with Crippen molar-refractivity contribution in [2.75, 3.05) is 5.32 Å². The first-order valence-corrected chi connectivity index (χ1v) is 12.2. The fourth-order valence-corrected chi connectivity index (χ4v) is 4.80. The van der Waals surface area contributed by atoms with E-state index >= 15 is 0 Å². The highest BCUT2D eigenvalue weighted by Gasteiger charge is 2.33. The van der Waals surface area contributed by atoms with Gasteiger partial charge in [0.25, 0.3) is 0 Å². The zero-order chi connectivity index (χ0) is 26.0. The van der Waals surface area contributed by atoms with E-state index in [0.29, 0.717) is 22.5 Å². The Kier molecular flexibility index (Phi) is 7.04. The van der Waals surface area contributed by atoms with Crippen LogP contribution in [-0.4, -0.2) is 10.2 Å². The van der Waals surface area contributed by atoms with E-state index in [1.807, 2.05) is 66.7 Å². The summed E-state index contributed by atoms with van der Waals surface area (Å²) in [5, 5.41) is 13.2. The molecule has 1 N–H and O–H groups in total. The van der Waals surface area contributed by atoms with Crippen LogP contribution in [0.25, 0.3) is 22.0 Å². The second kappa shape index (κ2) is 10.4. The number of fused-ring (bicyclic) bond motifs is 1. The lowest BCUT2D eigenvalue weighted by Gasteiger charge is -2.15. The Balaban J connectivity index is 1.52. The van der Waals surface area contributed by atoms with Crippen LogP contribution in [0.3, 0.4) is 0 Å². The summed E-state index contributed by atoms with van der Waals surface area (Å²) in [6.07, 6.45) is -3.94. The van der Waals surface area contributed by atoms with Crippen LogP contribution in [0.5, 0.6) is 0 Å². The molecule has 186 valence electrons. The standard InChI is InChI=1S/C29H20Cl2F3N3/c30-24-14-6-12-22-26(25(36-37-28(22)24)15-18-7-2-1-3-8-18)19-9-4-11-21(16-19)35-17-20-10-5-13-23(27(20)31)29(32,33)34/h1-14,16,35H,15,17H2. The van der Waals surface area contributed by atoms with Gasteiger partial charge in [-0.3, -0.25) is 0 Å². The van der Waals surface area contributed by atoms with Crippen LogP contribution in [0.1, 0.15) is 22.4 Å². The average molecular weight is 538 g/mol. The van der Waals surface area contributed by atoms with E-state index in [-0.39, 0.29) is 11.6 Å². The van der Waals surface area contributed by atoms with Gasteiger partial charge in [-0.2, -0.15) is 18.3 Å². The van der Waals surface area contributed by atoms with E-state index in [1.54, 1.807) is 12.1 Å². The Morgan fingerprint density at radius 1 is 0.784 bits per heavy atom. The molecule has 1 aromatic heterocycles. The zero-order valence-electron chi connectivity index (χ0n) is 19.4. The van der Waals surface area contributed by atoms with Crippen molar-refractivity contribution in [3.8, 4) is 11.1 Å². The molecule has 0 radical (unpaired) electrons. The molecule has 0 aliphatic heterocycles. The molecule has 0 aliphatic carbocycles. The van der Waals surface area contributed by atoms with Crippen molar-refractivity contribution in [2.45, 2.75) is 19.1 Å². The van der Waals surface area contributed by atoms with Crippen LogP contribution in [0.15, 0.2) is 91.0 Å². The Morgan fingerprint density at radius 2 is 1.54 bits per heavy atom. The van der Waals surface area contributed by atoms with E-state index in [4.69, 9.17) is 23.2 Å². The molecule has 0 fully saturated rings. The molecule has 0 bridgehead atoms. The van der Waals surface area contributed by atoms with Crippen LogP contribution in [0.2, 0.25) is 10.0 Å². The molecular weight excluding hydrogens is 518 g/mol. The minimum absolute atomic E-state index is 0.129. The fourth-order valence-electron chi connectivity index (χ4n) is 4.29. The third kappa shape index (κ3) is 5.41. The maximum atomic E-state index is 13.3. The van der Waals surface area contributed by atoms with Crippen molar-refractivity contribution < 1.29 is 13.2 Å². The van der Waals surface area contributed by atoms with E-state index in [2.05, 4.69) is 15.5 Å². The molecular formula is C29H20Cl2F3N3. The molecule has 0 amide bonds. The van der Waals surface area contributed by atoms with E-state index in [1.165, 1.54) is 6.07 Å². The van der Waals surface area contributed by atoms with Crippen molar-refractivity contribution in [3.63, 3.8) is 0 Å². The van der Waals surface area contributed by atoms with Crippen molar-refractivity contribution >= 4 is 39.8 Å². The highest BCUT2D eigenvalue weighted by Crippen LogP contribution is 2.37. The summed E-state index contributed by atoms with van der Waals surface area (Å²) in [4.78, 5) is 0. The molecule has 5 aromatic rings. The lowest BCUT2D eigenvalue weighted by molar-refractivity contribution is -0.137. The average Bonchev–Trinajstić information content (AvgIpc) is 2.88. The van der Waals surface area contributed by atoms with Gasteiger partial charge in [0.05, 0.1) is 21.3 Å². The maximum absolute atomic E-state index is 13.3. The number of aromatic nitrogens is 2. The van der Waals surface area contributed by atoms with Gasteiger partial charge in [-0.1, -0.05) is 89.9 Å². The van der Waals surface area contributed by atoms with Gasteiger partial charge in [0.2, 0.25) is 0 Å². The second-order valence-electron chi connectivity index (χ2n) is 8.53. The number of alkyl halides is 3. The van der Waals surface area contributed by atoms with Crippen LogP contribution in [0.4, 0.5) is 18.9 Å². The summed E-state index contributed by atoms with van der Waals surface area (Å²) >= 11 is 12.5. The van der Waals surface area contributed by atoms with Crippen LogP contribution in [-0.2, 0) is 19.1 Å². The third-order valence-corrected chi connectivity index (χ3v) is 6.80. The maximum Gasteiger partial charge on any atom is 0.417 e. The minimum Gasteiger partial charge on any atom is -0.381 e. The van der Waals surface area contributed by atoms with Gasteiger partial charge in [-0.05, 0) is 41.0 Å². The molecule has 4 aromatic carbocycles. The van der Waals surface area contributed by atoms with Gasteiger partial charge in [-0.25, -0.2) is 0 Å². The summed E-state index contributed by atoms with van der Waals surface area (Å²) < 4.78 is 39.8. The highest BCUT2D eigenvalue weighted by molar-refractivity contribution is 6.35. The monoisotopic (exact) mass is 537 g/mol. The highest BCUT2D eigenvalue weighted by atomic mass is 35.5. The number of anilines is 1. The fraction of sp³-hybridized carbons (Fsp3) is 0.103. The van der Waals surface area contributed by atoms with Gasteiger partial charge >= 0.3 is 6.18 Å². The largest absolute Gasteiger partial charge is 0.417 e. The minimum atomic E-state index is -4.52. The lowest BCUT2D eigenvalue weighted by atomic mass is 9.95. The van der Waals surface area contributed by atoms with Crippen LogP contribution in [0, 0.1) is 0 Å². The molecule has 5 rings (SSSR count). The molecule has 3 nitrogen and oxygen atoms in total. The first-order valence-electron chi connectivity index (χ1n) is 11.5. The zero-order valence-corrected chi connectivity index (χ0v) is 20.9. The van der Waals surface area contributed by atoms with Gasteiger partial charge in [0.15, 0.2) is 0 Å². The molecule has 0 saturated heterocycles. The Hall–Kier alpha value is -3.61. The smallest absolute Gasteiger partial charge is 0.381 e. The normalized spacial score (nSPS) is 11.6. The van der Waals surface area contributed by atoms with Crippen molar-refractivity contribution in [1.29, 1.82) is 0 Å². The SMILES string of the molecule is FC(F)(F)c1cccc(CNc2cccc(-c3c(Cc4ccccc4)nnc4c(Cl)cccc34)c2)c1Cl. The Labute approximate surface area is 221 Å². The van der Waals surface area contributed by atoms with Gasteiger partial charge in [-0.15, -0.1) is 5.10 Å². The third-order valence-electron chi connectivity index (χ3n) is 6.05. The topological polar surface area (TPSA) is 37.8 Å². The number of benzene rings is 4. The van der Waals surface area contributed by atoms with E-state index in [0.717, 1.165) is 39.5 Å². The Bertz CT molecular complexity index is 1570. The molecule has 0 saturated carbocycles. The van der Waals surface area contributed by atoms with Crippen molar-refractivity contribution in [3.05, 3.63) is 123 Å². The summed E-state index contributed by atoms with van der Waals surface area (Å²) in [5.74, 6) is 0. The first-order chi connectivity index (χ1) is 17.8. The number of nitrogens with one attached hydrogen (secondary N) is 1. The number of rotatable bonds is 6. The van der Waals surface area contributed by atoms with E-state index < -0.39 is 11.7 Å². The predicted molar refractivity (Wildman–Crippen MR) is 143 cm³/mol.